The summed E-state index contributed by atoms with van der Waals surface area (Å²) in [6.45, 7) is 0. The number of nitrogens with zero attached hydrogens (tertiary/aromatic N) is 1. The van der Waals surface area contributed by atoms with Crippen molar-refractivity contribution in [1.82, 2.24) is 0 Å². The Morgan fingerprint density at radius 1 is 0.460 bits per heavy atom. The van der Waals surface area contributed by atoms with Gasteiger partial charge < -0.3 is 9.32 Å². The van der Waals surface area contributed by atoms with E-state index < -0.39 is 0 Å². The summed E-state index contributed by atoms with van der Waals surface area (Å²) in [5.74, 6) is 0.326. The zero-order valence-electron chi connectivity index (χ0n) is 34.3. The third-order valence-corrected chi connectivity index (χ3v) is 14.5. The predicted octanol–water partition coefficient (Wildman–Crippen LogP) is 17.6. The normalized spacial score (nSPS) is 13.7. The molecule has 296 valence electrons. The minimum absolute atomic E-state index is 0.326. The van der Waals surface area contributed by atoms with E-state index in [1.807, 2.05) is 11.3 Å². The van der Waals surface area contributed by atoms with Crippen molar-refractivity contribution in [2.24, 2.45) is 0 Å². The first-order valence-electron chi connectivity index (χ1n) is 21.8. The average molecular weight is 822 g/mol. The van der Waals surface area contributed by atoms with Crippen LogP contribution in [0.5, 0.6) is 0 Å². The summed E-state index contributed by atoms with van der Waals surface area (Å²) in [4.78, 5) is 3.85. The molecule has 0 radical (unpaired) electrons. The molecule has 0 saturated carbocycles. The lowest BCUT2D eigenvalue weighted by molar-refractivity contribution is 0.670. The fourth-order valence-electron chi connectivity index (χ4n) is 10.2. The lowest BCUT2D eigenvalue weighted by Crippen LogP contribution is -2.10. The van der Waals surface area contributed by atoms with Gasteiger partial charge in [-0.2, -0.15) is 0 Å². The molecule has 0 fully saturated rings. The van der Waals surface area contributed by atoms with E-state index in [0.717, 1.165) is 51.0 Å². The van der Waals surface area contributed by atoms with Gasteiger partial charge in [0.25, 0.3) is 0 Å². The van der Waals surface area contributed by atoms with Gasteiger partial charge in [-0.05, 0) is 133 Å². The van der Waals surface area contributed by atoms with Gasteiger partial charge in [-0.15, -0.1) is 11.3 Å². The molecular formula is C60H39NOS. The maximum absolute atomic E-state index is 7.03. The number of anilines is 3. The first-order chi connectivity index (χ1) is 31.2. The Balaban J connectivity index is 0.983. The van der Waals surface area contributed by atoms with Crippen LogP contribution in [0.3, 0.4) is 0 Å². The van der Waals surface area contributed by atoms with Crippen molar-refractivity contribution < 1.29 is 4.42 Å². The molecule has 0 spiro atoms. The molecule has 2 heterocycles. The minimum Gasteiger partial charge on any atom is -0.455 e. The number of furan rings is 1. The smallest absolute Gasteiger partial charge is 0.143 e. The summed E-state index contributed by atoms with van der Waals surface area (Å²) in [5, 5.41) is 10.9. The number of benzene rings is 10. The lowest BCUT2D eigenvalue weighted by Gasteiger charge is -2.27. The molecule has 2 nitrogen and oxygen atoms in total. The van der Waals surface area contributed by atoms with Crippen LogP contribution >= 0.6 is 11.3 Å². The average Bonchev–Trinajstić information content (AvgIpc) is 3.92. The van der Waals surface area contributed by atoms with Gasteiger partial charge in [0, 0.05) is 48.9 Å². The number of rotatable bonds is 6. The van der Waals surface area contributed by atoms with E-state index in [1.165, 1.54) is 75.1 Å². The van der Waals surface area contributed by atoms with Crippen molar-refractivity contribution in [2.75, 3.05) is 4.90 Å². The Labute approximate surface area is 369 Å². The van der Waals surface area contributed by atoms with E-state index in [4.69, 9.17) is 4.42 Å². The Kier molecular flexibility index (Phi) is 8.25. The molecule has 1 unspecified atom stereocenters. The first kappa shape index (κ1) is 36.0. The first-order valence-corrected chi connectivity index (χ1v) is 22.6. The molecule has 1 aliphatic carbocycles. The molecule has 3 heteroatoms. The van der Waals surface area contributed by atoms with Crippen molar-refractivity contribution in [2.45, 2.75) is 12.3 Å². The summed E-state index contributed by atoms with van der Waals surface area (Å²) >= 11 is 1.94. The van der Waals surface area contributed by atoms with Crippen LogP contribution in [0.25, 0.3) is 92.7 Å². The third-order valence-electron chi connectivity index (χ3n) is 13.2. The van der Waals surface area contributed by atoms with Crippen molar-refractivity contribution >= 4 is 98.8 Å². The van der Waals surface area contributed by atoms with E-state index in [-0.39, 0.29) is 0 Å². The van der Waals surface area contributed by atoms with E-state index in [1.54, 1.807) is 0 Å². The number of thiophene rings is 1. The van der Waals surface area contributed by atoms with Crippen LogP contribution in [-0.4, -0.2) is 0 Å². The second-order valence-corrected chi connectivity index (χ2v) is 17.8. The second-order valence-electron chi connectivity index (χ2n) is 16.7. The Morgan fingerprint density at radius 3 is 1.87 bits per heavy atom. The Bertz CT molecular complexity index is 3760. The fourth-order valence-corrected chi connectivity index (χ4v) is 11.5. The van der Waals surface area contributed by atoms with Crippen molar-refractivity contribution in [3.63, 3.8) is 0 Å². The van der Waals surface area contributed by atoms with Crippen molar-refractivity contribution in [3.8, 4) is 22.3 Å². The predicted molar refractivity (Wildman–Crippen MR) is 269 cm³/mol. The van der Waals surface area contributed by atoms with Gasteiger partial charge in [0.2, 0.25) is 0 Å². The Hall–Kier alpha value is -7.72. The van der Waals surface area contributed by atoms with E-state index in [9.17, 15) is 0 Å². The highest BCUT2D eigenvalue weighted by Gasteiger charge is 2.25. The van der Waals surface area contributed by atoms with Crippen LogP contribution in [0.1, 0.15) is 28.3 Å². The van der Waals surface area contributed by atoms with E-state index in [0.29, 0.717) is 5.92 Å². The van der Waals surface area contributed by atoms with Gasteiger partial charge in [-0.3, -0.25) is 0 Å². The summed E-state index contributed by atoms with van der Waals surface area (Å²) in [6, 6.07) is 75.3. The number of fused-ring (bicyclic) bond motifs is 10. The number of allylic oxidation sites excluding steroid dienone is 1. The van der Waals surface area contributed by atoms with Crippen LogP contribution < -0.4 is 4.90 Å². The van der Waals surface area contributed by atoms with Crippen LogP contribution in [0.4, 0.5) is 17.1 Å². The van der Waals surface area contributed by atoms with E-state index in [2.05, 4.69) is 223 Å². The van der Waals surface area contributed by atoms with Gasteiger partial charge in [-0.25, -0.2) is 0 Å². The van der Waals surface area contributed by atoms with Crippen LogP contribution in [0, 0.1) is 0 Å². The van der Waals surface area contributed by atoms with Gasteiger partial charge >= 0.3 is 0 Å². The molecule has 0 saturated heterocycles. The maximum atomic E-state index is 7.03. The van der Waals surface area contributed by atoms with E-state index >= 15 is 0 Å². The third kappa shape index (κ3) is 5.85. The lowest BCUT2D eigenvalue weighted by atomic mass is 9.87. The molecule has 0 amide bonds. The number of hydrogen-bond donors (Lipinski definition) is 0. The van der Waals surface area contributed by atoms with Gasteiger partial charge in [0.05, 0.1) is 0 Å². The highest BCUT2D eigenvalue weighted by Crippen LogP contribution is 2.48. The van der Waals surface area contributed by atoms with Gasteiger partial charge in [-0.1, -0.05) is 158 Å². The second kappa shape index (κ2) is 14.4. The standard InChI is InChI=1S/C60H39NOS/c1-2-13-38(14-3-1)39-25-29-43(30-26-39)61(44-31-27-40(28-32-44)48-22-12-23-52-51-21-10-11-24-57(51)63-60(48)52)45-33-34-56-53(37-45)55-36-42-16-5-7-18-47(42)58(59(55)62-56)54-35-41-15-4-6-17-46(41)49-19-8-9-20-50(49)54/h1-21,23-37,48H,22H2. The summed E-state index contributed by atoms with van der Waals surface area (Å²) < 4.78 is 8.38. The SMILES string of the molecule is C1=Cc2c(sc3ccccc23)C(c2ccc(N(c3ccc(-c4ccccc4)cc3)c3ccc4oc5c(-c6cc7ccccc7c7ccccc67)c6ccccc6cc5c4c3)cc2)C1. The molecule has 0 aliphatic heterocycles. The molecule has 63 heavy (non-hydrogen) atoms. The zero-order valence-corrected chi connectivity index (χ0v) is 35.1. The molecule has 13 rings (SSSR count). The summed E-state index contributed by atoms with van der Waals surface area (Å²) in [6.07, 6.45) is 5.67. The van der Waals surface area contributed by atoms with Crippen LogP contribution in [-0.2, 0) is 0 Å². The monoisotopic (exact) mass is 821 g/mol. The van der Waals surface area contributed by atoms with Gasteiger partial charge in [0.1, 0.15) is 11.2 Å². The molecule has 2 aromatic heterocycles. The quantitative estimate of drug-likeness (QED) is 0.155. The van der Waals surface area contributed by atoms with Crippen LogP contribution in [0.2, 0.25) is 0 Å². The highest BCUT2D eigenvalue weighted by molar-refractivity contribution is 7.19. The summed E-state index contributed by atoms with van der Waals surface area (Å²) in [7, 11) is 0. The fraction of sp³-hybridized carbons (Fsp3) is 0.0333. The van der Waals surface area contributed by atoms with Crippen molar-refractivity contribution in [1.29, 1.82) is 0 Å². The molecule has 12 aromatic rings. The highest BCUT2D eigenvalue weighted by atomic mass is 32.1. The molecule has 10 aromatic carbocycles. The topological polar surface area (TPSA) is 16.4 Å². The molecule has 0 N–H and O–H groups in total. The minimum atomic E-state index is 0.326. The van der Waals surface area contributed by atoms with Gasteiger partial charge in [0.15, 0.2) is 0 Å². The van der Waals surface area contributed by atoms with Crippen LogP contribution in [0.15, 0.2) is 217 Å². The molecule has 1 atom stereocenters. The maximum Gasteiger partial charge on any atom is 0.143 e. The Morgan fingerprint density at radius 2 is 1.08 bits per heavy atom. The zero-order chi connectivity index (χ0) is 41.4. The molecule has 1 aliphatic rings. The largest absolute Gasteiger partial charge is 0.455 e. The molecule has 0 bridgehead atoms. The van der Waals surface area contributed by atoms with Crippen molar-refractivity contribution in [3.05, 3.63) is 228 Å². The number of hydrogen-bond acceptors (Lipinski definition) is 3. The summed E-state index contributed by atoms with van der Waals surface area (Å²) in [5.41, 5.74) is 12.5. The molecular weight excluding hydrogens is 783 g/mol.